The van der Waals surface area contributed by atoms with Gasteiger partial charge in [-0.05, 0) is 50.4 Å². The van der Waals surface area contributed by atoms with E-state index < -0.39 is 0 Å². The highest BCUT2D eigenvalue weighted by atomic mass is 15.4. The third-order valence-corrected chi connectivity index (χ3v) is 6.40. The number of piperazine rings is 2. The van der Waals surface area contributed by atoms with Gasteiger partial charge in [-0.25, -0.2) is 4.98 Å². The first-order chi connectivity index (χ1) is 14.3. The summed E-state index contributed by atoms with van der Waals surface area (Å²) in [7, 11) is 2.17. The zero-order chi connectivity index (χ0) is 19.6. The van der Waals surface area contributed by atoms with Crippen LogP contribution in [0.2, 0.25) is 0 Å². The van der Waals surface area contributed by atoms with Crippen molar-refractivity contribution < 1.29 is 0 Å². The van der Waals surface area contributed by atoms with Crippen LogP contribution in [-0.4, -0.2) is 84.5 Å². The van der Waals surface area contributed by atoms with Crippen molar-refractivity contribution in [3.63, 3.8) is 0 Å². The lowest BCUT2D eigenvalue weighted by molar-refractivity contribution is 0.311. The van der Waals surface area contributed by atoms with Crippen molar-refractivity contribution in [2.75, 3.05) is 74.1 Å². The molecule has 2 aromatic heterocycles. The predicted octanol–water partition coefficient (Wildman–Crippen LogP) is 1.22. The molecule has 4 heterocycles. The fraction of sp³-hybridized carbons (Fsp3) is 0.619. The van der Waals surface area contributed by atoms with Crippen molar-refractivity contribution in [1.29, 1.82) is 0 Å². The molecule has 0 spiro atoms. The average Bonchev–Trinajstić information content (AvgIpc) is 2.79. The molecular formula is C21H30N8. The summed E-state index contributed by atoms with van der Waals surface area (Å²) >= 11 is 0. The lowest BCUT2D eigenvalue weighted by Gasteiger charge is -2.37. The lowest BCUT2D eigenvalue weighted by Crippen LogP contribution is -2.48. The van der Waals surface area contributed by atoms with E-state index in [9.17, 15) is 0 Å². The molecule has 154 valence electrons. The van der Waals surface area contributed by atoms with Gasteiger partial charge in [0.25, 0.3) is 0 Å². The summed E-state index contributed by atoms with van der Waals surface area (Å²) in [5.74, 6) is 2.93. The Hall–Kier alpha value is -2.48. The zero-order valence-corrected chi connectivity index (χ0v) is 17.3. The van der Waals surface area contributed by atoms with Crippen LogP contribution in [-0.2, 0) is 12.8 Å². The van der Waals surface area contributed by atoms with Gasteiger partial charge in [-0.3, -0.25) is 0 Å². The molecule has 2 fully saturated rings. The summed E-state index contributed by atoms with van der Waals surface area (Å²) in [5, 5.41) is 9.02. The topological polar surface area (TPSA) is 64.5 Å². The molecular weight excluding hydrogens is 364 g/mol. The minimum absolute atomic E-state index is 0.860. The molecule has 29 heavy (non-hydrogen) atoms. The second kappa shape index (κ2) is 8.10. The second-order valence-corrected chi connectivity index (χ2v) is 8.36. The smallest absolute Gasteiger partial charge is 0.227 e. The van der Waals surface area contributed by atoms with Gasteiger partial charge in [0.15, 0.2) is 5.82 Å². The molecule has 0 radical (unpaired) electrons. The maximum absolute atomic E-state index is 4.88. The van der Waals surface area contributed by atoms with Gasteiger partial charge in [0, 0.05) is 58.6 Å². The summed E-state index contributed by atoms with van der Waals surface area (Å²) in [6.45, 7) is 7.89. The lowest BCUT2D eigenvalue weighted by atomic mass is 9.97. The van der Waals surface area contributed by atoms with Crippen LogP contribution in [0.1, 0.15) is 24.1 Å². The van der Waals surface area contributed by atoms with Gasteiger partial charge >= 0.3 is 0 Å². The Kier molecular flexibility index (Phi) is 5.18. The number of nitrogens with zero attached hydrogens (tertiary/aromatic N) is 8. The Morgan fingerprint density at radius 1 is 0.759 bits per heavy atom. The van der Waals surface area contributed by atoms with Gasteiger partial charge in [-0.2, -0.15) is 10.1 Å². The monoisotopic (exact) mass is 394 g/mol. The van der Waals surface area contributed by atoms with E-state index >= 15 is 0 Å². The molecule has 8 heteroatoms. The van der Waals surface area contributed by atoms with Gasteiger partial charge < -0.3 is 19.6 Å². The van der Waals surface area contributed by atoms with Crippen LogP contribution in [0.15, 0.2) is 18.3 Å². The van der Waals surface area contributed by atoms with Crippen molar-refractivity contribution in [1.82, 2.24) is 25.1 Å². The van der Waals surface area contributed by atoms with E-state index in [1.807, 2.05) is 12.3 Å². The predicted molar refractivity (Wildman–Crippen MR) is 115 cm³/mol. The van der Waals surface area contributed by atoms with Crippen molar-refractivity contribution >= 4 is 17.6 Å². The number of hydrogen-bond acceptors (Lipinski definition) is 8. The third-order valence-electron chi connectivity index (χ3n) is 6.40. The van der Waals surface area contributed by atoms with Crippen molar-refractivity contribution in [3.8, 4) is 0 Å². The van der Waals surface area contributed by atoms with Crippen LogP contribution in [0.3, 0.4) is 0 Å². The Morgan fingerprint density at radius 2 is 1.45 bits per heavy atom. The van der Waals surface area contributed by atoms with Gasteiger partial charge in [0.2, 0.25) is 5.95 Å². The minimum atomic E-state index is 0.860. The van der Waals surface area contributed by atoms with Crippen molar-refractivity contribution in [2.45, 2.75) is 25.7 Å². The van der Waals surface area contributed by atoms with Gasteiger partial charge in [0.05, 0.1) is 5.69 Å². The zero-order valence-electron chi connectivity index (χ0n) is 17.3. The highest BCUT2D eigenvalue weighted by molar-refractivity contribution is 5.48. The van der Waals surface area contributed by atoms with Gasteiger partial charge in [-0.1, -0.05) is 0 Å². The molecule has 8 nitrogen and oxygen atoms in total. The van der Waals surface area contributed by atoms with E-state index in [2.05, 4.69) is 47.9 Å². The van der Waals surface area contributed by atoms with E-state index in [0.717, 1.165) is 82.8 Å². The maximum atomic E-state index is 4.88. The minimum Gasteiger partial charge on any atom is -0.353 e. The molecule has 0 N–H and O–H groups in total. The van der Waals surface area contributed by atoms with E-state index in [0.29, 0.717) is 0 Å². The van der Waals surface area contributed by atoms with E-state index in [1.165, 1.54) is 24.1 Å². The Balaban J connectivity index is 1.23. The first-order valence-electron chi connectivity index (χ1n) is 10.9. The van der Waals surface area contributed by atoms with Crippen LogP contribution >= 0.6 is 0 Å². The van der Waals surface area contributed by atoms with Crippen molar-refractivity contribution in [3.05, 3.63) is 29.6 Å². The molecule has 3 aliphatic rings. The summed E-state index contributed by atoms with van der Waals surface area (Å²) in [4.78, 5) is 18.8. The number of fused-ring (bicyclic) bond motifs is 1. The third kappa shape index (κ3) is 3.99. The quantitative estimate of drug-likeness (QED) is 0.770. The van der Waals surface area contributed by atoms with Crippen LogP contribution < -0.4 is 14.7 Å². The fourth-order valence-electron chi connectivity index (χ4n) is 4.47. The summed E-state index contributed by atoms with van der Waals surface area (Å²) in [6, 6.07) is 4.31. The highest BCUT2D eigenvalue weighted by Gasteiger charge is 2.23. The summed E-state index contributed by atoms with van der Waals surface area (Å²) in [5.41, 5.74) is 2.60. The molecule has 2 aromatic rings. The number of aromatic nitrogens is 4. The van der Waals surface area contributed by atoms with Gasteiger partial charge in [-0.15, -0.1) is 5.10 Å². The Bertz CT molecular complexity index is 840. The molecule has 5 rings (SSSR count). The molecule has 0 unspecified atom stereocenters. The molecule has 0 amide bonds. The Labute approximate surface area is 172 Å². The van der Waals surface area contributed by atoms with Crippen molar-refractivity contribution in [2.24, 2.45) is 0 Å². The van der Waals surface area contributed by atoms with E-state index in [1.54, 1.807) is 0 Å². The number of likely N-dealkylation sites (N-methyl/N-ethyl adjacent to an activating group) is 1. The van der Waals surface area contributed by atoms with Gasteiger partial charge in [0.1, 0.15) is 5.82 Å². The first kappa shape index (κ1) is 18.5. The largest absolute Gasteiger partial charge is 0.353 e. The van der Waals surface area contributed by atoms with Crippen LogP contribution in [0.5, 0.6) is 0 Å². The number of anilines is 3. The second-order valence-electron chi connectivity index (χ2n) is 8.36. The number of aryl methyl sites for hydroxylation is 2. The summed E-state index contributed by atoms with van der Waals surface area (Å²) < 4.78 is 0. The molecule has 0 bridgehead atoms. The van der Waals surface area contributed by atoms with Crippen LogP contribution in [0.4, 0.5) is 17.6 Å². The standard InChI is InChI=1S/C21H30N8/c1-26-8-10-29(11-9-26)21-22-7-6-19(23-21)27-12-14-28(15-13-27)20-16-17-4-2-3-5-18(17)24-25-20/h6-7,16H,2-5,8-15H2,1H3. The SMILES string of the molecule is CN1CCN(c2nccc(N3CCN(c4cc5c(nn4)CCCC5)CC3)n2)CC1. The van der Waals surface area contributed by atoms with E-state index in [-0.39, 0.29) is 0 Å². The molecule has 2 aliphatic heterocycles. The molecule has 2 saturated heterocycles. The normalized spacial score (nSPS) is 20.7. The molecule has 1 aliphatic carbocycles. The molecule has 0 aromatic carbocycles. The fourth-order valence-corrected chi connectivity index (χ4v) is 4.47. The molecule has 0 saturated carbocycles. The molecule has 0 atom stereocenters. The Morgan fingerprint density at radius 3 is 2.24 bits per heavy atom. The van der Waals surface area contributed by atoms with Crippen LogP contribution in [0.25, 0.3) is 0 Å². The maximum Gasteiger partial charge on any atom is 0.227 e. The summed E-state index contributed by atoms with van der Waals surface area (Å²) in [6.07, 6.45) is 6.65. The highest BCUT2D eigenvalue weighted by Crippen LogP contribution is 2.24. The number of rotatable bonds is 3. The van der Waals surface area contributed by atoms with Crippen LogP contribution in [0, 0.1) is 0 Å². The average molecular weight is 395 g/mol. The van der Waals surface area contributed by atoms with E-state index in [4.69, 9.17) is 4.98 Å². The first-order valence-corrected chi connectivity index (χ1v) is 10.9. The number of hydrogen-bond donors (Lipinski definition) is 0.